The zero-order valence-corrected chi connectivity index (χ0v) is 15.1. The lowest BCUT2D eigenvalue weighted by Gasteiger charge is -2.30. The molecule has 2 N–H and O–H groups in total. The average molecular weight is 361 g/mol. The average Bonchev–Trinajstić information content (AvgIpc) is 2.91. The molecule has 130 valence electrons. The normalized spacial score (nSPS) is 21.4. The Morgan fingerprint density at radius 2 is 1.91 bits per heavy atom. The molecule has 1 aliphatic rings. The number of sulfonamides is 1. The molecular formula is C15H24N2O4S2. The minimum atomic E-state index is -3.78. The summed E-state index contributed by atoms with van der Waals surface area (Å²) in [4.78, 5) is 2.30. The van der Waals surface area contributed by atoms with Gasteiger partial charge in [0.1, 0.15) is 9.84 Å². The maximum atomic E-state index is 11.8. The fraction of sp³-hybridized carbons (Fsp3) is 0.600. The zero-order valence-electron chi connectivity index (χ0n) is 13.5. The Hall–Kier alpha value is -0.960. The summed E-state index contributed by atoms with van der Waals surface area (Å²) in [7, 11) is -6.79. The van der Waals surface area contributed by atoms with Crippen LogP contribution in [0.1, 0.15) is 31.2 Å². The van der Waals surface area contributed by atoms with Gasteiger partial charge in [-0.05, 0) is 36.9 Å². The molecule has 2 atom stereocenters. The number of hydrogen-bond acceptors (Lipinski definition) is 5. The highest BCUT2D eigenvalue weighted by Gasteiger charge is 2.32. The molecule has 0 radical (unpaired) electrons. The second kappa shape index (κ2) is 6.88. The molecule has 2 rings (SSSR count). The van der Waals surface area contributed by atoms with E-state index in [0.29, 0.717) is 12.1 Å². The minimum Gasteiger partial charge on any atom is -0.299 e. The lowest BCUT2D eigenvalue weighted by Crippen LogP contribution is -2.37. The van der Waals surface area contributed by atoms with Gasteiger partial charge in [0, 0.05) is 18.8 Å². The highest BCUT2D eigenvalue weighted by molar-refractivity contribution is 7.90. The van der Waals surface area contributed by atoms with Crippen molar-refractivity contribution in [3.05, 3.63) is 29.8 Å². The van der Waals surface area contributed by atoms with Crippen molar-refractivity contribution >= 4 is 19.9 Å². The monoisotopic (exact) mass is 360 g/mol. The van der Waals surface area contributed by atoms with Crippen LogP contribution in [0.4, 0.5) is 0 Å². The Bertz CT molecular complexity index is 759. The third kappa shape index (κ3) is 4.76. The van der Waals surface area contributed by atoms with E-state index < -0.39 is 19.9 Å². The Balaban J connectivity index is 2.24. The van der Waals surface area contributed by atoms with E-state index in [2.05, 4.69) is 4.90 Å². The van der Waals surface area contributed by atoms with Crippen LogP contribution in [0.15, 0.2) is 29.2 Å². The van der Waals surface area contributed by atoms with Crippen LogP contribution in [0.3, 0.4) is 0 Å². The summed E-state index contributed by atoms with van der Waals surface area (Å²) in [5.41, 5.74) is 0.700. The third-order valence-electron chi connectivity index (χ3n) is 4.46. The minimum absolute atomic E-state index is 0.0356. The summed E-state index contributed by atoms with van der Waals surface area (Å²) in [6.45, 7) is 3.29. The van der Waals surface area contributed by atoms with Crippen molar-refractivity contribution in [2.24, 2.45) is 5.14 Å². The maximum Gasteiger partial charge on any atom is 0.238 e. The third-order valence-corrected chi connectivity index (χ3v) is 6.37. The Morgan fingerprint density at radius 1 is 1.26 bits per heavy atom. The van der Waals surface area contributed by atoms with Crippen molar-refractivity contribution in [3.8, 4) is 0 Å². The van der Waals surface area contributed by atoms with Gasteiger partial charge in [0.25, 0.3) is 0 Å². The smallest absolute Gasteiger partial charge is 0.238 e. The number of sulfone groups is 1. The molecule has 0 aromatic heterocycles. The SMILES string of the molecule is C[C@@H](c1ccccc1S(N)(=O)=O)C1CCCN1CCS(C)(=O)=O. The van der Waals surface area contributed by atoms with E-state index in [-0.39, 0.29) is 22.6 Å². The van der Waals surface area contributed by atoms with Gasteiger partial charge in [-0.1, -0.05) is 25.1 Å². The first kappa shape index (κ1) is 18.4. The maximum absolute atomic E-state index is 11.8. The summed E-state index contributed by atoms with van der Waals surface area (Å²) in [5, 5.41) is 5.32. The first-order chi connectivity index (χ1) is 10.6. The molecule has 23 heavy (non-hydrogen) atoms. The number of nitrogens with zero attached hydrogens (tertiary/aromatic N) is 1. The molecule has 0 aliphatic carbocycles. The summed E-state index contributed by atoms with van der Waals surface area (Å²) < 4.78 is 46.4. The van der Waals surface area contributed by atoms with Gasteiger partial charge in [-0.15, -0.1) is 0 Å². The van der Waals surface area contributed by atoms with Crippen LogP contribution in [0.25, 0.3) is 0 Å². The molecule has 1 saturated heterocycles. The molecule has 1 unspecified atom stereocenters. The van der Waals surface area contributed by atoms with E-state index in [0.717, 1.165) is 19.4 Å². The van der Waals surface area contributed by atoms with Crippen molar-refractivity contribution in [2.45, 2.75) is 36.6 Å². The second-order valence-electron chi connectivity index (χ2n) is 6.25. The predicted molar refractivity (Wildman–Crippen MR) is 90.5 cm³/mol. The highest BCUT2D eigenvalue weighted by atomic mass is 32.2. The molecule has 0 saturated carbocycles. The lowest BCUT2D eigenvalue weighted by atomic mass is 9.91. The zero-order chi connectivity index (χ0) is 17.3. The fourth-order valence-electron chi connectivity index (χ4n) is 3.30. The number of primary sulfonamides is 1. The summed E-state index contributed by atoms with van der Waals surface area (Å²) in [6, 6.07) is 6.90. The van der Waals surface area contributed by atoms with Crippen molar-refractivity contribution in [2.75, 3.05) is 25.1 Å². The van der Waals surface area contributed by atoms with Crippen molar-refractivity contribution in [3.63, 3.8) is 0 Å². The lowest BCUT2D eigenvalue weighted by molar-refractivity contribution is 0.240. The first-order valence-electron chi connectivity index (χ1n) is 7.63. The first-order valence-corrected chi connectivity index (χ1v) is 11.2. The molecule has 1 aliphatic heterocycles. The molecule has 1 heterocycles. The van der Waals surface area contributed by atoms with Crippen LogP contribution < -0.4 is 5.14 Å². The van der Waals surface area contributed by atoms with E-state index >= 15 is 0 Å². The molecule has 1 fully saturated rings. The standard InChI is InChI=1S/C15H24N2O4S2/c1-12(13-6-3-4-8-15(13)23(16,20)21)14-7-5-9-17(14)10-11-22(2,18)19/h3-4,6,8,12,14H,5,7,9-11H2,1-2H3,(H2,16,20,21)/t12-,14?/m0/s1. The van der Waals surface area contributed by atoms with Crippen molar-refractivity contribution in [1.82, 2.24) is 4.90 Å². The van der Waals surface area contributed by atoms with Crippen molar-refractivity contribution in [1.29, 1.82) is 0 Å². The van der Waals surface area contributed by atoms with Gasteiger partial charge in [-0.2, -0.15) is 0 Å². The van der Waals surface area contributed by atoms with E-state index in [1.54, 1.807) is 18.2 Å². The summed E-state index contributed by atoms with van der Waals surface area (Å²) in [6.07, 6.45) is 3.14. The van der Waals surface area contributed by atoms with E-state index in [4.69, 9.17) is 5.14 Å². The number of hydrogen-bond donors (Lipinski definition) is 1. The highest BCUT2D eigenvalue weighted by Crippen LogP contribution is 2.33. The van der Waals surface area contributed by atoms with Crippen LogP contribution >= 0.6 is 0 Å². The molecule has 0 amide bonds. The Morgan fingerprint density at radius 3 is 2.52 bits per heavy atom. The fourth-order valence-corrected chi connectivity index (χ4v) is 4.72. The molecule has 1 aromatic carbocycles. The van der Waals surface area contributed by atoms with Gasteiger partial charge in [-0.25, -0.2) is 22.0 Å². The largest absolute Gasteiger partial charge is 0.299 e. The van der Waals surface area contributed by atoms with Gasteiger partial charge in [0.15, 0.2) is 0 Å². The van der Waals surface area contributed by atoms with Crippen LogP contribution in [0, 0.1) is 0 Å². The molecular weight excluding hydrogens is 336 g/mol. The molecule has 6 nitrogen and oxygen atoms in total. The van der Waals surface area contributed by atoms with E-state index in [1.165, 1.54) is 12.3 Å². The van der Waals surface area contributed by atoms with Crippen molar-refractivity contribution < 1.29 is 16.8 Å². The van der Waals surface area contributed by atoms with Gasteiger partial charge in [0.05, 0.1) is 10.6 Å². The topological polar surface area (TPSA) is 97.5 Å². The molecule has 0 spiro atoms. The summed E-state index contributed by atoms with van der Waals surface area (Å²) >= 11 is 0. The number of likely N-dealkylation sites (tertiary alicyclic amines) is 1. The second-order valence-corrected chi connectivity index (χ2v) is 10.0. The summed E-state index contributed by atoms with van der Waals surface area (Å²) in [5.74, 6) is 0.0825. The van der Waals surface area contributed by atoms with Crippen LogP contribution in [0.2, 0.25) is 0 Å². The number of rotatable bonds is 6. The number of nitrogens with two attached hydrogens (primary N) is 1. The Labute approximate surface area is 138 Å². The van der Waals surface area contributed by atoms with Gasteiger partial charge in [0.2, 0.25) is 10.0 Å². The van der Waals surface area contributed by atoms with Crippen LogP contribution in [-0.2, 0) is 19.9 Å². The molecule has 1 aromatic rings. The van der Waals surface area contributed by atoms with Gasteiger partial charge in [-0.3, -0.25) is 4.90 Å². The van der Waals surface area contributed by atoms with Gasteiger partial charge < -0.3 is 0 Å². The predicted octanol–water partition coefficient (Wildman–Crippen LogP) is 0.947. The van der Waals surface area contributed by atoms with E-state index in [9.17, 15) is 16.8 Å². The Kier molecular flexibility index (Phi) is 5.50. The molecule has 0 bridgehead atoms. The molecule has 8 heteroatoms. The quantitative estimate of drug-likeness (QED) is 0.814. The number of benzene rings is 1. The van der Waals surface area contributed by atoms with E-state index in [1.807, 2.05) is 6.92 Å². The van der Waals surface area contributed by atoms with Gasteiger partial charge >= 0.3 is 0 Å². The van der Waals surface area contributed by atoms with Crippen LogP contribution in [0.5, 0.6) is 0 Å². The van der Waals surface area contributed by atoms with Crippen LogP contribution in [-0.4, -0.2) is 52.9 Å².